The summed E-state index contributed by atoms with van der Waals surface area (Å²) >= 11 is 12.7. The minimum Gasteiger partial charge on any atom is -0.354 e. The molecule has 0 heterocycles. The van der Waals surface area contributed by atoms with Crippen molar-refractivity contribution in [3.8, 4) is 0 Å². The topological polar surface area (TPSA) is 49.4 Å². The summed E-state index contributed by atoms with van der Waals surface area (Å²) in [6.45, 7) is 8.71. The Morgan fingerprint density at radius 1 is 1.03 bits per heavy atom. The Morgan fingerprint density at radius 2 is 1.63 bits per heavy atom. The quantitative estimate of drug-likeness (QED) is 0.556. The lowest BCUT2D eigenvalue weighted by molar-refractivity contribution is -0.141. The maximum atomic E-state index is 13.3. The molecular weight excluding hydrogens is 419 g/mol. The van der Waals surface area contributed by atoms with Crippen LogP contribution in [0.15, 0.2) is 42.5 Å². The normalized spacial score (nSPS) is 12.0. The Morgan fingerprint density at radius 3 is 2.17 bits per heavy atom. The fourth-order valence-corrected chi connectivity index (χ4v) is 3.69. The number of nitrogens with one attached hydrogen (secondary N) is 1. The van der Waals surface area contributed by atoms with Gasteiger partial charge in [0.2, 0.25) is 11.8 Å². The molecule has 0 unspecified atom stereocenters. The highest BCUT2D eigenvalue weighted by molar-refractivity contribution is 6.36. The summed E-state index contributed by atoms with van der Waals surface area (Å²) in [6.07, 6.45) is 0.696. The van der Waals surface area contributed by atoms with Crippen molar-refractivity contribution in [3.05, 3.63) is 69.2 Å². The van der Waals surface area contributed by atoms with Gasteiger partial charge in [0.1, 0.15) is 6.04 Å². The highest BCUT2D eigenvalue weighted by Crippen LogP contribution is 2.27. The van der Waals surface area contributed by atoms with E-state index in [1.165, 1.54) is 0 Å². The van der Waals surface area contributed by atoms with Gasteiger partial charge < -0.3 is 10.2 Å². The van der Waals surface area contributed by atoms with E-state index in [4.69, 9.17) is 23.2 Å². The zero-order chi connectivity index (χ0) is 22.3. The first kappa shape index (κ1) is 24.2. The van der Waals surface area contributed by atoms with E-state index in [1.54, 1.807) is 23.1 Å². The highest BCUT2D eigenvalue weighted by Gasteiger charge is 2.29. The predicted octanol–water partition coefficient (Wildman–Crippen LogP) is 5.42. The Hall–Kier alpha value is -2.04. The van der Waals surface area contributed by atoms with Crippen LogP contribution in [0.1, 0.15) is 43.9 Å². The first-order valence-corrected chi connectivity index (χ1v) is 11.0. The average Bonchev–Trinajstić information content (AvgIpc) is 2.70. The lowest BCUT2D eigenvalue weighted by Crippen LogP contribution is -2.50. The van der Waals surface area contributed by atoms with Gasteiger partial charge >= 0.3 is 0 Å². The Labute approximate surface area is 189 Å². The Kier molecular flexibility index (Phi) is 9.19. The minimum atomic E-state index is -0.603. The van der Waals surface area contributed by atoms with Crippen molar-refractivity contribution in [3.63, 3.8) is 0 Å². The molecule has 30 heavy (non-hydrogen) atoms. The maximum Gasteiger partial charge on any atom is 0.242 e. The smallest absolute Gasteiger partial charge is 0.242 e. The van der Waals surface area contributed by atoms with Crippen LogP contribution in [-0.4, -0.2) is 29.3 Å². The van der Waals surface area contributed by atoms with Gasteiger partial charge in [-0.25, -0.2) is 0 Å². The van der Waals surface area contributed by atoms with Gasteiger partial charge in [-0.1, -0.05) is 79.9 Å². The van der Waals surface area contributed by atoms with Gasteiger partial charge in [0, 0.05) is 28.7 Å². The van der Waals surface area contributed by atoms with Crippen LogP contribution in [0.25, 0.3) is 0 Å². The van der Waals surface area contributed by atoms with Crippen molar-refractivity contribution in [1.82, 2.24) is 10.2 Å². The Bertz CT molecular complexity index is 846. The van der Waals surface area contributed by atoms with E-state index in [9.17, 15) is 9.59 Å². The number of halogens is 2. The molecule has 2 amide bonds. The van der Waals surface area contributed by atoms with Crippen molar-refractivity contribution in [2.24, 2.45) is 5.92 Å². The van der Waals surface area contributed by atoms with Crippen LogP contribution in [0.3, 0.4) is 0 Å². The van der Waals surface area contributed by atoms with E-state index in [1.807, 2.05) is 52.0 Å². The molecule has 1 N–H and O–H groups in total. The molecule has 0 fully saturated rings. The summed E-state index contributed by atoms with van der Waals surface area (Å²) in [7, 11) is 0. The van der Waals surface area contributed by atoms with Crippen molar-refractivity contribution >= 4 is 35.0 Å². The SMILES string of the molecule is CC[C@@H](C(=O)NCC(C)C)N(Cc1c(Cl)cccc1Cl)C(=O)Cc1ccc(C)cc1. The summed E-state index contributed by atoms with van der Waals surface area (Å²) in [5.41, 5.74) is 2.68. The van der Waals surface area contributed by atoms with Crippen LogP contribution in [0.5, 0.6) is 0 Å². The van der Waals surface area contributed by atoms with Crippen LogP contribution < -0.4 is 5.32 Å². The second-order valence-electron chi connectivity index (χ2n) is 7.95. The second-order valence-corrected chi connectivity index (χ2v) is 8.76. The third-order valence-electron chi connectivity index (χ3n) is 4.94. The molecule has 0 aliphatic heterocycles. The molecule has 0 aromatic heterocycles. The van der Waals surface area contributed by atoms with Crippen LogP contribution in [0, 0.1) is 12.8 Å². The maximum absolute atomic E-state index is 13.3. The van der Waals surface area contributed by atoms with E-state index in [2.05, 4.69) is 5.32 Å². The van der Waals surface area contributed by atoms with Crippen LogP contribution >= 0.6 is 23.2 Å². The van der Waals surface area contributed by atoms with Crippen molar-refractivity contribution in [2.45, 2.75) is 53.1 Å². The van der Waals surface area contributed by atoms with Gasteiger partial charge in [-0.2, -0.15) is 0 Å². The number of carbonyl (C=O) groups excluding carboxylic acids is 2. The van der Waals surface area contributed by atoms with Crippen molar-refractivity contribution < 1.29 is 9.59 Å². The summed E-state index contributed by atoms with van der Waals surface area (Å²) < 4.78 is 0. The molecule has 162 valence electrons. The molecular formula is C24H30Cl2N2O2. The van der Waals surface area contributed by atoms with E-state index < -0.39 is 6.04 Å². The van der Waals surface area contributed by atoms with Crippen LogP contribution in [-0.2, 0) is 22.6 Å². The number of amides is 2. The zero-order valence-corrected chi connectivity index (χ0v) is 19.6. The number of nitrogens with zero attached hydrogens (tertiary/aromatic N) is 1. The molecule has 1 atom stereocenters. The summed E-state index contributed by atoms with van der Waals surface area (Å²) in [5.74, 6) is 0.0224. The van der Waals surface area contributed by atoms with Gasteiger partial charge in [0.15, 0.2) is 0 Å². The van der Waals surface area contributed by atoms with Gasteiger partial charge in [0.25, 0.3) is 0 Å². The fourth-order valence-electron chi connectivity index (χ4n) is 3.18. The molecule has 0 spiro atoms. The highest BCUT2D eigenvalue weighted by atomic mass is 35.5. The summed E-state index contributed by atoms with van der Waals surface area (Å²) in [6, 6.07) is 12.5. The van der Waals surface area contributed by atoms with Crippen molar-refractivity contribution in [1.29, 1.82) is 0 Å². The average molecular weight is 449 g/mol. The molecule has 0 bridgehead atoms. The van der Waals surface area contributed by atoms with E-state index in [-0.39, 0.29) is 24.8 Å². The third kappa shape index (κ3) is 6.75. The van der Waals surface area contributed by atoms with E-state index in [0.717, 1.165) is 11.1 Å². The number of hydrogen-bond donors (Lipinski definition) is 1. The summed E-state index contributed by atoms with van der Waals surface area (Å²) in [5, 5.41) is 3.92. The monoisotopic (exact) mass is 448 g/mol. The van der Waals surface area contributed by atoms with Gasteiger partial charge in [-0.05, 0) is 37.0 Å². The van der Waals surface area contributed by atoms with E-state index in [0.29, 0.717) is 34.5 Å². The lowest BCUT2D eigenvalue weighted by Gasteiger charge is -2.31. The molecule has 4 nitrogen and oxygen atoms in total. The third-order valence-corrected chi connectivity index (χ3v) is 5.64. The minimum absolute atomic E-state index is 0.138. The molecule has 2 aromatic rings. The standard InChI is InChI=1S/C24H30Cl2N2O2/c1-5-22(24(30)27-14-16(2)3)28(15-19-20(25)7-6-8-21(19)26)23(29)13-18-11-9-17(4)10-12-18/h6-12,16,22H,5,13-15H2,1-4H3,(H,27,30)/t22-/m0/s1. The molecule has 2 aromatic carbocycles. The first-order valence-electron chi connectivity index (χ1n) is 10.3. The molecule has 0 saturated carbocycles. The number of rotatable bonds is 9. The fraction of sp³-hybridized carbons (Fsp3) is 0.417. The van der Waals surface area contributed by atoms with Crippen molar-refractivity contribution in [2.75, 3.05) is 6.54 Å². The van der Waals surface area contributed by atoms with Crippen LogP contribution in [0.2, 0.25) is 10.0 Å². The Balaban J connectivity index is 2.33. The van der Waals surface area contributed by atoms with Gasteiger partial charge in [-0.15, -0.1) is 0 Å². The summed E-state index contributed by atoms with van der Waals surface area (Å²) in [4.78, 5) is 27.8. The largest absolute Gasteiger partial charge is 0.354 e. The second kappa shape index (κ2) is 11.4. The number of benzene rings is 2. The molecule has 2 rings (SSSR count). The molecule has 0 aliphatic rings. The first-order chi connectivity index (χ1) is 14.2. The number of aryl methyl sites for hydroxylation is 1. The predicted molar refractivity (Wildman–Crippen MR) is 124 cm³/mol. The van der Waals surface area contributed by atoms with E-state index >= 15 is 0 Å². The molecule has 0 aliphatic carbocycles. The number of carbonyl (C=O) groups is 2. The lowest BCUT2D eigenvalue weighted by atomic mass is 10.1. The van der Waals surface area contributed by atoms with Gasteiger partial charge in [0.05, 0.1) is 6.42 Å². The molecule has 0 radical (unpaired) electrons. The number of hydrogen-bond acceptors (Lipinski definition) is 2. The zero-order valence-electron chi connectivity index (χ0n) is 18.0. The molecule has 0 saturated heterocycles. The van der Waals surface area contributed by atoms with Crippen LogP contribution in [0.4, 0.5) is 0 Å². The van der Waals surface area contributed by atoms with Gasteiger partial charge in [-0.3, -0.25) is 9.59 Å². The molecule has 6 heteroatoms.